The van der Waals surface area contributed by atoms with Crippen molar-refractivity contribution in [2.24, 2.45) is 0 Å². The van der Waals surface area contributed by atoms with Gasteiger partial charge in [0, 0.05) is 68.5 Å². The van der Waals surface area contributed by atoms with Gasteiger partial charge in [-0.05, 0) is 162 Å². The van der Waals surface area contributed by atoms with Crippen LogP contribution in [0, 0.1) is 12.3 Å². The van der Waals surface area contributed by atoms with Gasteiger partial charge in [-0.2, -0.15) is 35.2 Å². The first-order valence-electron chi connectivity index (χ1n) is 22.3. The van der Waals surface area contributed by atoms with Crippen LogP contribution in [0.2, 0.25) is 0 Å². The molecule has 342 valence electrons. The van der Waals surface area contributed by atoms with Crippen LogP contribution >= 0.6 is 0 Å². The summed E-state index contributed by atoms with van der Waals surface area (Å²) in [5, 5.41) is 12.2. The zero-order valence-corrected chi connectivity index (χ0v) is 41.4. The number of hydrogen-bond donors (Lipinski definition) is 1. The fraction of sp³-hybridized carbons (Fsp3) is 0.891. The van der Waals surface area contributed by atoms with E-state index in [1.807, 2.05) is 0 Å². The maximum atomic E-state index is 6.13. The zero-order chi connectivity index (χ0) is 45.2. The number of hydroxylamine groups is 8. The van der Waals surface area contributed by atoms with Gasteiger partial charge in [0.15, 0.2) is 0 Å². The molecule has 0 amide bonds. The van der Waals surface area contributed by atoms with Crippen molar-refractivity contribution in [1.29, 1.82) is 0 Å². The van der Waals surface area contributed by atoms with Crippen LogP contribution in [0.4, 0.5) is 17.8 Å². The summed E-state index contributed by atoms with van der Waals surface area (Å²) in [6, 6.07) is 0.340. The fourth-order valence-corrected chi connectivity index (χ4v) is 13.6. The summed E-state index contributed by atoms with van der Waals surface area (Å²) in [5.41, 5.74) is -2.20. The van der Waals surface area contributed by atoms with Crippen LogP contribution in [-0.2, 0) is 19.4 Å². The Hall–Kier alpha value is -2.35. The van der Waals surface area contributed by atoms with E-state index in [2.05, 4.69) is 152 Å². The molecule has 4 aliphatic rings. The highest BCUT2D eigenvalue weighted by Gasteiger charge is 2.56. The van der Waals surface area contributed by atoms with Gasteiger partial charge in [0.05, 0.1) is 35.0 Å². The number of nitrogens with one attached hydrogen (secondary N) is 1. The van der Waals surface area contributed by atoms with Crippen molar-refractivity contribution < 1.29 is 19.4 Å². The van der Waals surface area contributed by atoms with Gasteiger partial charge < -0.3 is 34.5 Å². The molecule has 4 aliphatic heterocycles. The van der Waals surface area contributed by atoms with E-state index < -0.39 is 0 Å². The number of rotatable bonds is 12. The van der Waals surface area contributed by atoms with Gasteiger partial charge in [-0.3, -0.25) is 0 Å². The lowest BCUT2D eigenvalue weighted by Gasteiger charge is -2.60. The lowest BCUT2D eigenvalue weighted by molar-refractivity contribution is -0.271. The molecular formula is C46H84N10O4. The highest BCUT2D eigenvalue weighted by molar-refractivity contribution is 5.49. The molecule has 0 aromatic carbocycles. The van der Waals surface area contributed by atoms with E-state index in [1.54, 1.807) is 28.4 Å². The molecule has 60 heavy (non-hydrogen) atoms. The molecule has 0 radical (unpaired) electrons. The topological polar surface area (TPSA) is 107 Å². The highest BCUT2D eigenvalue weighted by atomic mass is 16.7. The predicted molar refractivity (Wildman–Crippen MR) is 242 cm³/mol. The van der Waals surface area contributed by atoms with E-state index in [9.17, 15) is 0 Å². The van der Waals surface area contributed by atoms with E-state index in [1.165, 1.54) is 0 Å². The third-order valence-corrected chi connectivity index (χ3v) is 14.0. The first-order valence-corrected chi connectivity index (χ1v) is 22.3. The molecule has 0 spiro atoms. The first kappa shape index (κ1) is 48.7. The van der Waals surface area contributed by atoms with Crippen molar-refractivity contribution in [2.45, 2.75) is 231 Å². The molecular weight excluding hydrogens is 757 g/mol. The Kier molecular flexibility index (Phi) is 13.5. The van der Waals surface area contributed by atoms with Gasteiger partial charge >= 0.3 is 0 Å². The highest BCUT2D eigenvalue weighted by Crippen LogP contribution is 2.49. The molecule has 14 heteroatoms. The molecule has 14 nitrogen and oxygen atoms in total. The van der Waals surface area contributed by atoms with Gasteiger partial charge in [0.25, 0.3) is 0 Å². The average molecular weight is 841 g/mol. The van der Waals surface area contributed by atoms with Crippen molar-refractivity contribution in [3.63, 3.8) is 0 Å². The molecule has 4 fully saturated rings. The van der Waals surface area contributed by atoms with E-state index >= 15 is 0 Å². The van der Waals surface area contributed by atoms with Crippen LogP contribution in [-0.4, -0.2) is 139 Å². The summed E-state index contributed by atoms with van der Waals surface area (Å²) in [6.45, 7) is 36.9. The van der Waals surface area contributed by atoms with Crippen LogP contribution in [0.3, 0.4) is 0 Å². The number of nitrogens with zero attached hydrogens (tertiary/aromatic N) is 9. The van der Waals surface area contributed by atoms with Crippen LogP contribution in [0.5, 0.6) is 0 Å². The van der Waals surface area contributed by atoms with E-state index in [4.69, 9.17) is 40.7 Å². The van der Waals surface area contributed by atoms with E-state index in [-0.39, 0.29) is 68.5 Å². The lowest BCUT2D eigenvalue weighted by atomic mass is 9.74. The molecule has 1 aromatic rings. The third-order valence-electron chi connectivity index (χ3n) is 14.0. The number of anilines is 3. The second-order valence-corrected chi connectivity index (χ2v) is 23.3. The maximum absolute atomic E-state index is 6.13. The Labute approximate surface area is 364 Å². The number of piperidine rings is 4. The molecule has 5 heterocycles. The quantitative estimate of drug-likeness (QED) is 0.207. The Morgan fingerprint density at radius 3 is 0.867 bits per heavy atom. The van der Waals surface area contributed by atoms with Crippen LogP contribution in [0.1, 0.15) is 162 Å². The summed E-state index contributed by atoms with van der Waals surface area (Å²) in [6.07, 6.45) is 12.7. The largest absolute Gasteiger partial charge is 0.343 e. The van der Waals surface area contributed by atoms with Gasteiger partial charge in [-0.25, -0.2) is 0 Å². The fourth-order valence-electron chi connectivity index (χ4n) is 13.6. The molecule has 5 rings (SSSR count). The van der Waals surface area contributed by atoms with Crippen molar-refractivity contribution in [3.8, 4) is 12.3 Å². The smallest absolute Gasteiger partial charge is 0.232 e. The summed E-state index contributed by atoms with van der Waals surface area (Å²) < 4.78 is 0. The maximum Gasteiger partial charge on any atom is 0.232 e. The SMILES string of the molecule is C#CCNc1nc(N(C2CC(C)(C)N(OC)C(C)(C)C2)C2CC(C)(C)N(OC)C(C)(C)C2)nc(N(C2CC(C)(C)N(OC)C(C)(C)C2)C2CC(C)(C)N(OC)C(C)(C)C2)n1. The number of aromatic nitrogens is 3. The molecule has 0 aliphatic carbocycles. The lowest BCUT2D eigenvalue weighted by Crippen LogP contribution is -2.68. The Bertz CT molecular complexity index is 1430. The average Bonchev–Trinajstić information content (AvgIpc) is 3.04. The standard InChI is InChI=1S/C46H84N10O4/c1-22-23-47-36-48-37(51(32-24-39(2,3)53(57-18)40(4,5)25-32)33-26-41(6,7)54(58-19)42(8,9)27-33)50-38(49-36)52(34-28-43(10,11)55(59-20)44(12,13)29-34)35-30-45(14,15)56(60-21)46(16,17)31-35/h1,32-35H,23-31H2,2-21H3,(H,47,48,49,50). The Morgan fingerprint density at radius 2 is 0.683 bits per heavy atom. The minimum atomic E-state index is -0.275. The summed E-state index contributed by atoms with van der Waals surface area (Å²) in [5.74, 6) is 4.62. The van der Waals surface area contributed by atoms with Gasteiger partial charge in [-0.15, -0.1) is 6.42 Å². The van der Waals surface area contributed by atoms with Crippen molar-refractivity contribution in [1.82, 2.24) is 35.2 Å². The summed E-state index contributed by atoms with van der Waals surface area (Å²) >= 11 is 0. The molecule has 0 atom stereocenters. The first-order chi connectivity index (χ1) is 27.4. The summed E-state index contributed by atoms with van der Waals surface area (Å²) in [4.78, 5) is 46.1. The Morgan fingerprint density at radius 1 is 0.467 bits per heavy atom. The van der Waals surface area contributed by atoms with E-state index in [0.717, 1.165) is 51.4 Å². The molecule has 0 unspecified atom stereocenters. The number of hydrogen-bond acceptors (Lipinski definition) is 14. The molecule has 1 aromatic heterocycles. The van der Waals surface area contributed by atoms with Crippen LogP contribution < -0.4 is 15.1 Å². The van der Waals surface area contributed by atoms with Crippen molar-refractivity contribution >= 4 is 17.8 Å². The van der Waals surface area contributed by atoms with Crippen LogP contribution in [0.25, 0.3) is 0 Å². The zero-order valence-electron chi connectivity index (χ0n) is 41.4. The number of terminal acetylenes is 1. The molecule has 4 saturated heterocycles. The van der Waals surface area contributed by atoms with Crippen molar-refractivity contribution in [3.05, 3.63) is 0 Å². The van der Waals surface area contributed by atoms with Gasteiger partial charge in [-0.1, -0.05) is 5.92 Å². The van der Waals surface area contributed by atoms with E-state index in [0.29, 0.717) is 24.4 Å². The van der Waals surface area contributed by atoms with Gasteiger partial charge in [0.1, 0.15) is 0 Å². The Balaban J connectivity index is 1.78. The normalized spacial score (nSPS) is 27.3. The third kappa shape index (κ3) is 9.30. The van der Waals surface area contributed by atoms with Crippen molar-refractivity contribution in [2.75, 3.05) is 50.1 Å². The summed E-state index contributed by atoms with van der Waals surface area (Å²) in [7, 11) is 7.18. The second-order valence-electron chi connectivity index (χ2n) is 23.3. The molecule has 0 bridgehead atoms. The predicted octanol–water partition coefficient (Wildman–Crippen LogP) is 7.86. The molecule has 0 saturated carbocycles. The second kappa shape index (κ2) is 16.6. The van der Waals surface area contributed by atoms with Gasteiger partial charge in [0.2, 0.25) is 17.8 Å². The van der Waals surface area contributed by atoms with Crippen LogP contribution in [0.15, 0.2) is 0 Å². The minimum Gasteiger partial charge on any atom is -0.343 e. The monoisotopic (exact) mass is 841 g/mol. The minimum absolute atomic E-state index is 0.0851. The molecule has 1 N–H and O–H groups in total.